The van der Waals surface area contributed by atoms with Crippen LogP contribution in [0.4, 0.5) is 0 Å². The third kappa shape index (κ3) is 9.88. The second-order valence-electron chi connectivity index (χ2n) is 16.7. The highest BCUT2D eigenvalue weighted by molar-refractivity contribution is 5.80. The van der Waals surface area contributed by atoms with E-state index in [0.29, 0.717) is 48.6 Å². The summed E-state index contributed by atoms with van der Waals surface area (Å²) in [6, 6.07) is 30.7. The first-order valence-corrected chi connectivity index (χ1v) is 20.1. The summed E-state index contributed by atoms with van der Waals surface area (Å²) in [6.07, 6.45) is 3.81. The highest BCUT2D eigenvalue weighted by atomic mass is 14.8. The summed E-state index contributed by atoms with van der Waals surface area (Å²) in [7, 11) is 0. The molecule has 0 saturated carbocycles. The van der Waals surface area contributed by atoms with Crippen LogP contribution in [0.15, 0.2) is 94.9 Å². The lowest BCUT2D eigenvalue weighted by atomic mass is 9.83. The summed E-state index contributed by atoms with van der Waals surface area (Å²) in [6.45, 7) is 28.5. The van der Waals surface area contributed by atoms with Gasteiger partial charge in [-0.15, -0.1) is 0 Å². The normalized spacial score (nSPS) is 12.3. The van der Waals surface area contributed by atoms with Gasteiger partial charge >= 0.3 is 0 Å². The van der Waals surface area contributed by atoms with Gasteiger partial charge < -0.3 is 0 Å². The number of aliphatic imine (C=N–C) groups is 2. The lowest BCUT2D eigenvalue weighted by Crippen LogP contribution is -2.05. The minimum absolute atomic E-state index is 0.404. The van der Waals surface area contributed by atoms with Gasteiger partial charge in [-0.2, -0.15) is 0 Å². The zero-order valence-electron chi connectivity index (χ0n) is 34.9. The van der Waals surface area contributed by atoms with Crippen LogP contribution in [-0.2, 0) is 13.1 Å². The number of hydrogen-bond donors (Lipinski definition) is 0. The van der Waals surface area contributed by atoms with Crippen LogP contribution in [0.5, 0.6) is 0 Å². The zero-order valence-corrected chi connectivity index (χ0v) is 34.9. The molecule has 4 heteroatoms. The van der Waals surface area contributed by atoms with E-state index in [9.17, 15) is 0 Å². The van der Waals surface area contributed by atoms with Crippen LogP contribution in [0.1, 0.15) is 174 Å². The minimum Gasteiger partial charge on any atom is -0.286 e. The summed E-state index contributed by atoms with van der Waals surface area (Å²) in [4.78, 5) is 19.8. The van der Waals surface area contributed by atoms with Gasteiger partial charge in [0.15, 0.2) is 0 Å². The van der Waals surface area contributed by atoms with Crippen molar-refractivity contribution in [3.63, 3.8) is 0 Å². The van der Waals surface area contributed by atoms with Crippen molar-refractivity contribution in [1.82, 2.24) is 9.97 Å². The first kappa shape index (κ1) is 40.5. The average Bonchev–Trinajstić information content (AvgIpc) is 3.14. The molecule has 0 aliphatic rings. The first-order valence-electron chi connectivity index (χ1n) is 20.1. The number of pyridine rings is 2. The van der Waals surface area contributed by atoms with Gasteiger partial charge in [0.2, 0.25) is 0 Å². The number of rotatable bonds is 14. The molecule has 5 rings (SSSR count). The Morgan fingerprint density at radius 3 is 1.02 bits per heavy atom. The van der Waals surface area contributed by atoms with E-state index in [2.05, 4.69) is 156 Å². The third-order valence-corrected chi connectivity index (χ3v) is 10.3. The Morgan fingerprint density at radius 2 is 0.741 bits per heavy atom. The Bertz CT molecular complexity index is 1870. The van der Waals surface area contributed by atoms with Crippen molar-refractivity contribution in [2.75, 3.05) is 0 Å². The van der Waals surface area contributed by atoms with E-state index >= 15 is 0 Å². The van der Waals surface area contributed by atoms with Crippen LogP contribution < -0.4 is 0 Å². The molecule has 54 heavy (non-hydrogen) atoms. The molecule has 0 N–H and O–H groups in total. The number of benzene rings is 3. The van der Waals surface area contributed by atoms with E-state index in [1.54, 1.807) is 0 Å². The molecule has 0 amide bonds. The molecule has 5 aromatic rings. The van der Waals surface area contributed by atoms with Gasteiger partial charge in [-0.05, 0) is 104 Å². The molecule has 0 spiro atoms. The van der Waals surface area contributed by atoms with Crippen molar-refractivity contribution >= 4 is 12.4 Å². The van der Waals surface area contributed by atoms with Crippen molar-refractivity contribution in [1.29, 1.82) is 0 Å². The predicted octanol–water partition coefficient (Wildman–Crippen LogP) is 13.8. The molecule has 0 unspecified atom stereocenters. The summed E-state index contributed by atoms with van der Waals surface area (Å²) in [5.41, 5.74) is 16.9. The van der Waals surface area contributed by atoms with Gasteiger partial charge in [-0.1, -0.05) is 144 Å². The molecule has 0 fully saturated rings. The lowest BCUT2D eigenvalue weighted by Gasteiger charge is -2.22. The Labute approximate surface area is 326 Å². The van der Waals surface area contributed by atoms with Crippen LogP contribution in [-0.4, -0.2) is 22.4 Å². The third-order valence-electron chi connectivity index (χ3n) is 10.3. The lowest BCUT2D eigenvalue weighted by molar-refractivity contribution is 0.806. The summed E-state index contributed by atoms with van der Waals surface area (Å²) >= 11 is 0. The maximum atomic E-state index is 5.09. The fourth-order valence-electron chi connectivity index (χ4n) is 7.07. The van der Waals surface area contributed by atoms with E-state index in [-0.39, 0.29) is 0 Å². The standard InChI is InChI=1S/C50H62N4/c1-31(2)39-23-43(33(5)6)49(44(24-39)34(7)8)47-17-13-15-41(53-47)29-51-27-37-19-21-38(22-20-37)28-52-30-42-16-14-18-48(54-42)50-45(35(9)10)25-40(32(3)4)26-46(50)36(11)12/h13-26,29-36H,27-28H2,1-12H3. The van der Waals surface area contributed by atoms with Gasteiger partial charge in [0.25, 0.3) is 0 Å². The van der Waals surface area contributed by atoms with Gasteiger partial charge in [0, 0.05) is 23.6 Å². The topological polar surface area (TPSA) is 50.5 Å². The molecule has 0 atom stereocenters. The summed E-state index contributed by atoms with van der Waals surface area (Å²) in [5, 5.41) is 0. The predicted molar refractivity (Wildman–Crippen MR) is 233 cm³/mol. The molecular weight excluding hydrogens is 657 g/mol. The molecular formula is C50H62N4. The maximum absolute atomic E-state index is 5.09. The quantitative estimate of drug-likeness (QED) is 0.107. The molecule has 282 valence electrons. The molecule has 0 bridgehead atoms. The molecule has 2 heterocycles. The van der Waals surface area contributed by atoms with E-state index in [1.165, 1.54) is 44.5 Å². The van der Waals surface area contributed by atoms with Crippen LogP contribution >= 0.6 is 0 Å². The van der Waals surface area contributed by atoms with Gasteiger partial charge in [-0.25, -0.2) is 9.97 Å². The molecule has 0 saturated heterocycles. The molecule has 0 radical (unpaired) electrons. The van der Waals surface area contributed by atoms with E-state index in [0.717, 1.165) is 33.9 Å². The Morgan fingerprint density at radius 1 is 0.426 bits per heavy atom. The summed E-state index contributed by atoms with van der Waals surface area (Å²) in [5.74, 6) is 2.58. The van der Waals surface area contributed by atoms with Crippen molar-refractivity contribution in [3.8, 4) is 22.5 Å². The highest BCUT2D eigenvalue weighted by Gasteiger charge is 2.21. The summed E-state index contributed by atoms with van der Waals surface area (Å²) < 4.78 is 0. The molecule has 4 nitrogen and oxygen atoms in total. The molecule has 0 aliphatic carbocycles. The first-order chi connectivity index (χ1) is 25.7. The Kier molecular flexibility index (Phi) is 13.6. The molecule has 0 aliphatic heterocycles. The van der Waals surface area contributed by atoms with Gasteiger partial charge in [0.05, 0.1) is 35.9 Å². The Balaban J connectivity index is 1.27. The van der Waals surface area contributed by atoms with Crippen LogP contribution in [0, 0.1) is 0 Å². The van der Waals surface area contributed by atoms with Crippen molar-refractivity contribution < 1.29 is 0 Å². The van der Waals surface area contributed by atoms with Crippen molar-refractivity contribution in [3.05, 3.63) is 141 Å². The highest BCUT2D eigenvalue weighted by Crippen LogP contribution is 2.39. The van der Waals surface area contributed by atoms with Crippen molar-refractivity contribution in [2.45, 2.75) is 132 Å². The SMILES string of the molecule is CC(C)c1cc(C(C)C)c(-c2cccc(C=NCc3ccc(CN=Cc4cccc(-c5c(C(C)C)cc(C(C)C)cc5C(C)C)n4)cc3)n2)c(C(C)C)c1. The largest absolute Gasteiger partial charge is 0.286 e. The van der Waals surface area contributed by atoms with Crippen LogP contribution in [0.3, 0.4) is 0 Å². The van der Waals surface area contributed by atoms with Crippen LogP contribution in [0.2, 0.25) is 0 Å². The van der Waals surface area contributed by atoms with E-state index in [4.69, 9.17) is 20.0 Å². The van der Waals surface area contributed by atoms with Gasteiger partial charge in [-0.3, -0.25) is 9.98 Å². The second-order valence-corrected chi connectivity index (χ2v) is 16.7. The smallest absolute Gasteiger partial charge is 0.0815 e. The Hall–Kier alpha value is -4.70. The molecule has 2 aromatic heterocycles. The van der Waals surface area contributed by atoms with Crippen molar-refractivity contribution in [2.24, 2.45) is 9.98 Å². The monoisotopic (exact) mass is 718 g/mol. The minimum atomic E-state index is 0.404. The average molecular weight is 719 g/mol. The maximum Gasteiger partial charge on any atom is 0.0815 e. The van der Waals surface area contributed by atoms with E-state index in [1.807, 2.05) is 24.6 Å². The van der Waals surface area contributed by atoms with Gasteiger partial charge in [0.1, 0.15) is 0 Å². The second kappa shape index (κ2) is 18.1. The number of nitrogens with zero attached hydrogens (tertiary/aromatic N) is 4. The fraction of sp³-hybridized carbons (Fsp3) is 0.400. The van der Waals surface area contributed by atoms with E-state index < -0.39 is 0 Å². The zero-order chi connectivity index (χ0) is 39.1. The molecule has 3 aromatic carbocycles. The number of aromatic nitrogens is 2. The van der Waals surface area contributed by atoms with Crippen LogP contribution in [0.25, 0.3) is 22.5 Å². The number of hydrogen-bond acceptors (Lipinski definition) is 4. The fourth-order valence-corrected chi connectivity index (χ4v) is 7.07.